The van der Waals surface area contributed by atoms with Gasteiger partial charge in [0.25, 0.3) is 0 Å². The van der Waals surface area contributed by atoms with E-state index in [1.54, 1.807) is 6.07 Å². The van der Waals surface area contributed by atoms with E-state index in [0.29, 0.717) is 11.4 Å². The number of anilines is 2. The minimum Gasteiger partial charge on any atom is -0.397 e. The van der Waals surface area contributed by atoms with E-state index in [4.69, 9.17) is 10.9 Å². The van der Waals surface area contributed by atoms with E-state index in [9.17, 15) is 8.42 Å². The lowest BCUT2D eigenvalue weighted by atomic mass is 10.2. The molecule has 0 heterocycles. The lowest BCUT2D eigenvalue weighted by Gasteiger charge is -2.20. The van der Waals surface area contributed by atoms with E-state index >= 15 is 0 Å². The second-order valence-corrected chi connectivity index (χ2v) is 5.25. The van der Waals surface area contributed by atoms with Crippen molar-refractivity contribution in [2.45, 2.75) is 18.2 Å². The summed E-state index contributed by atoms with van der Waals surface area (Å²) in [7, 11) is -1.81. The van der Waals surface area contributed by atoms with Gasteiger partial charge in [0, 0.05) is 13.6 Å². The van der Waals surface area contributed by atoms with Gasteiger partial charge in [0.05, 0.1) is 16.3 Å². The van der Waals surface area contributed by atoms with Crippen LogP contribution < -0.4 is 15.8 Å². The number of hydrogen-bond donors (Lipinski definition) is 2. The Morgan fingerprint density at radius 1 is 1.38 bits per heavy atom. The van der Waals surface area contributed by atoms with E-state index < -0.39 is 10.0 Å². The maximum Gasteiger partial charge on any atom is 0.238 e. The van der Waals surface area contributed by atoms with E-state index in [1.165, 1.54) is 12.1 Å². The van der Waals surface area contributed by atoms with E-state index in [-0.39, 0.29) is 4.90 Å². The Morgan fingerprint density at radius 2 is 2.00 bits per heavy atom. The number of rotatable bonds is 4. The Morgan fingerprint density at radius 3 is 2.50 bits per heavy atom. The van der Waals surface area contributed by atoms with Crippen LogP contribution in [-0.4, -0.2) is 22.0 Å². The first kappa shape index (κ1) is 12.8. The molecule has 0 aliphatic carbocycles. The molecule has 0 unspecified atom stereocenters. The van der Waals surface area contributed by atoms with E-state index in [1.807, 2.05) is 18.9 Å². The second-order valence-electron chi connectivity index (χ2n) is 3.69. The summed E-state index contributed by atoms with van der Waals surface area (Å²) in [6, 6.07) is 4.47. The fourth-order valence-corrected chi connectivity index (χ4v) is 2.02. The lowest BCUT2D eigenvalue weighted by molar-refractivity contribution is 0.598. The standard InChI is InChI=1S/C10H17N3O2S/c1-3-6-13(2)10-7-8(16(12,14)15)4-5-9(10)11/h4-5,7H,3,6,11H2,1-2H3,(H2,12,14,15). The Kier molecular flexibility index (Phi) is 3.77. The third kappa shape index (κ3) is 2.86. The average Bonchev–Trinajstić information content (AvgIpc) is 2.16. The molecule has 0 saturated heterocycles. The van der Waals surface area contributed by atoms with E-state index in [0.717, 1.165) is 13.0 Å². The van der Waals surface area contributed by atoms with Gasteiger partial charge in [0.1, 0.15) is 0 Å². The highest BCUT2D eigenvalue weighted by Crippen LogP contribution is 2.25. The predicted molar refractivity (Wildman–Crippen MR) is 65.8 cm³/mol. The molecule has 0 saturated carbocycles. The number of hydrogen-bond acceptors (Lipinski definition) is 4. The molecule has 1 aromatic carbocycles. The van der Waals surface area contributed by atoms with Crippen molar-refractivity contribution in [3.63, 3.8) is 0 Å². The summed E-state index contributed by atoms with van der Waals surface area (Å²) in [6.45, 7) is 2.84. The van der Waals surface area contributed by atoms with Crippen molar-refractivity contribution in [3.05, 3.63) is 18.2 Å². The zero-order valence-corrected chi connectivity index (χ0v) is 10.3. The normalized spacial score (nSPS) is 11.4. The molecule has 1 rings (SSSR count). The monoisotopic (exact) mass is 243 g/mol. The predicted octanol–water partition coefficient (Wildman–Crippen LogP) is 0.762. The molecule has 0 bridgehead atoms. The molecule has 5 nitrogen and oxygen atoms in total. The van der Waals surface area contributed by atoms with Crippen LogP contribution in [0.5, 0.6) is 0 Å². The zero-order chi connectivity index (χ0) is 12.3. The summed E-state index contributed by atoms with van der Waals surface area (Å²) < 4.78 is 22.4. The average molecular weight is 243 g/mol. The van der Waals surface area contributed by atoms with Gasteiger partial charge in [0.2, 0.25) is 10.0 Å². The fraction of sp³-hybridized carbons (Fsp3) is 0.400. The van der Waals surface area contributed by atoms with Gasteiger partial charge in [0.15, 0.2) is 0 Å². The first-order chi connectivity index (χ1) is 7.36. The smallest absolute Gasteiger partial charge is 0.238 e. The van der Waals surface area contributed by atoms with Crippen molar-refractivity contribution < 1.29 is 8.42 Å². The van der Waals surface area contributed by atoms with Gasteiger partial charge in [-0.05, 0) is 24.6 Å². The number of nitrogens with two attached hydrogens (primary N) is 2. The van der Waals surface area contributed by atoms with Crippen LogP contribution in [0.2, 0.25) is 0 Å². The third-order valence-corrected chi connectivity index (χ3v) is 3.21. The van der Waals surface area contributed by atoms with Crippen molar-refractivity contribution in [2.75, 3.05) is 24.2 Å². The SMILES string of the molecule is CCCN(C)c1cc(S(N)(=O)=O)ccc1N. The Bertz CT molecular complexity index is 471. The molecule has 0 spiro atoms. The van der Waals surface area contributed by atoms with Crippen LogP contribution in [0.1, 0.15) is 13.3 Å². The van der Waals surface area contributed by atoms with Crippen LogP contribution in [-0.2, 0) is 10.0 Å². The summed E-state index contributed by atoms with van der Waals surface area (Å²) in [5.74, 6) is 0. The van der Waals surface area contributed by atoms with Crippen LogP contribution in [0.4, 0.5) is 11.4 Å². The number of sulfonamides is 1. The van der Waals surface area contributed by atoms with Gasteiger partial charge in [-0.3, -0.25) is 0 Å². The molecular formula is C10H17N3O2S. The molecule has 0 amide bonds. The van der Waals surface area contributed by atoms with Crippen LogP contribution >= 0.6 is 0 Å². The molecule has 0 aliphatic heterocycles. The minimum atomic E-state index is -3.67. The molecule has 0 aliphatic rings. The maximum atomic E-state index is 11.2. The molecule has 4 N–H and O–H groups in total. The molecule has 0 atom stereocenters. The quantitative estimate of drug-likeness (QED) is 0.764. The van der Waals surface area contributed by atoms with Gasteiger partial charge < -0.3 is 10.6 Å². The summed E-state index contributed by atoms with van der Waals surface area (Å²) in [6.07, 6.45) is 0.954. The largest absolute Gasteiger partial charge is 0.397 e. The van der Waals surface area contributed by atoms with Gasteiger partial charge in [-0.25, -0.2) is 13.6 Å². The van der Waals surface area contributed by atoms with Crippen molar-refractivity contribution >= 4 is 21.4 Å². The first-order valence-electron chi connectivity index (χ1n) is 4.99. The second kappa shape index (κ2) is 4.71. The van der Waals surface area contributed by atoms with Crippen molar-refractivity contribution in [3.8, 4) is 0 Å². The summed E-state index contributed by atoms with van der Waals surface area (Å²) in [5.41, 5.74) is 7.02. The van der Waals surface area contributed by atoms with Crippen molar-refractivity contribution in [2.24, 2.45) is 5.14 Å². The Balaban J connectivity index is 3.19. The molecule has 1 aromatic rings. The molecular weight excluding hydrogens is 226 g/mol. The van der Waals surface area contributed by atoms with Crippen LogP contribution in [0.25, 0.3) is 0 Å². The number of nitrogen functional groups attached to an aromatic ring is 1. The van der Waals surface area contributed by atoms with Crippen LogP contribution in [0, 0.1) is 0 Å². The first-order valence-corrected chi connectivity index (χ1v) is 6.54. The molecule has 0 aromatic heterocycles. The number of primary sulfonamides is 1. The third-order valence-electron chi connectivity index (χ3n) is 2.30. The lowest BCUT2D eigenvalue weighted by Crippen LogP contribution is -2.20. The number of benzene rings is 1. The Labute approximate surface area is 96.1 Å². The van der Waals surface area contributed by atoms with Crippen LogP contribution in [0.15, 0.2) is 23.1 Å². The highest BCUT2D eigenvalue weighted by Gasteiger charge is 2.12. The van der Waals surface area contributed by atoms with Gasteiger partial charge in [-0.15, -0.1) is 0 Å². The molecule has 0 radical (unpaired) electrons. The Hall–Kier alpha value is -1.27. The highest BCUT2D eigenvalue weighted by atomic mass is 32.2. The molecule has 0 fully saturated rings. The number of nitrogens with zero attached hydrogens (tertiary/aromatic N) is 1. The summed E-state index contributed by atoms with van der Waals surface area (Å²) in [5, 5.41) is 5.06. The van der Waals surface area contributed by atoms with Gasteiger partial charge in [-0.2, -0.15) is 0 Å². The van der Waals surface area contributed by atoms with Crippen LogP contribution in [0.3, 0.4) is 0 Å². The maximum absolute atomic E-state index is 11.2. The fourth-order valence-electron chi connectivity index (χ4n) is 1.49. The molecule has 6 heteroatoms. The van der Waals surface area contributed by atoms with Gasteiger partial charge >= 0.3 is 0 Å². The minimum absolute atomic E-state index is 0.0830. The zero-order valence-electron chi connectivity index (χ0n) is 9.47. The topological polar surface area (TPSA) is 89.4 Å². The van der Waals surface area contributed by atoms with Crippen molar-refractivity contribution in [1.29, 1.82) is 0 Å². The highest BCUT2D eigenvalue weighted by molar-refractivity contribution is 7.89. The van der Waals surface area contributed by atoms with E-state index in [2.05, 4.69) is 0 Å². The van der Waals surface area contributed by atoms with Gasteiger partial charge in [-0.1, -0.05) is 6.92 Å². The summed E-state index contributed by atoms with van der Waals surface area (Å²) >= 11 is 0. The molecule has 16 heavy (non-hydrogen) atoms. The van der Waals surface area contributed by atoms with Crippen molar-refractivity contribution in [1.82, 2.24) is 0 Å². The summed E-state index contributed by atoms with van der Waals surface area (Å²) in [4.78, 5) is 1.99. The molecule has 90 valence electrons.